The molecule has 2 atom stereocenters. The van der Waals surface area contributed by atoms with E-state index in [4.69, 9.17) is 9.47 Å². The third-order valence-corrected chi connectivity index (χ3v) is 8.36. The summed E-state index contributed by atoms with van der Waals surface area (Å²) in [5.74, 6) is -0.711. The molecule has 0 saturated heterocycles. The zero-order valence-corrected chi connectivity index (χ0v) is 32.0. The second-order valence-electron chi connectivity index (χ2n) is 13.2. The SMILES string of the molecule is CC/C=C\CC(O)/C=C/C=C/C/C=C\C/C=C\C/C=C\CCC(=O)OC[C@H](CO)OC(=O)CCCCCCCCCCCCCCCCCC. The van der Waals surface area contributed by atoms with Crippen LogP contribution in [0.1, 0.15) is 168 Å². The summed E-state index contributed by atoms with van der Waals surface area (Å²) in [4.78, 5) is 24.2. The molecule has 0 radical (unpaired) electrons. The minimum absolute atomic E-state index is 0.118. The van der Waals surface area contributed by atoms with Crippen LogP contribution in [0.15, 0.2) is 72.9 Å². The average Bonchev–Trinajstić information content (AvgIpc) is 3.11. The lowest BCUT2D eigenvalue weighted by molar-refractivity contribution is -0.161. The van der Waals surface area contributed by atoms with Gasteiger partial charge in [-0.3, -0.25) is 9.59 Å². The molecular formula is C44H74O6. The highest BCUT2D eigenvalue weighted by atomic mass is 16.6. The Morgan fingerprint density at radius 3 is 1.64 bits per heavy atom. The Kier molecular flexibility index (Phi) is 37.0. The van der Waals surface area contributed by atoms with Gasteiger partial charge in [-0.1, -0.05) is 183 Å². The summed E-state index contributed by atoms with van der Waals surface area (Å²) in [6.07, 6.45) is 48.7. The lowest BCUT2D eigenvalue weighted by Gasteiger charge is -2.15. The number of hydrogen-bond acceptors (Lipinski definition) is 6. The van der Waals surface area contributed by atoms with Crippen molar-refractivity contribution in [2.75, 3.05) is 13.2 Å². The number of carbonyl (C=O) groups is 2. The number of hydrogen-bond donors (Lipinski definition) is 2. The van der Waals surface area contributed by atoms with Gasteiger partial charge in [-0.25, -0.2) is 0 Å². The molecule has 2 N–H and O–H groups in total. The fraction of sp³-hybridized carbons (Fsp3) is 0.682. The third-order valence-electron chi connectivity index (χ3n) is 8.36. The molecule has 0 saturated carbocycles. The summed E-state index contributed by atoms with van der Waals surface area (Å²) in [5.41, 5.74) is 0. The van der Waals surface area contributed by atoms with Gasteiger partial charge in [0.25, 0.3) is 0 Å². The van der Waals surface area contributed by atoms with Crippen LogP contribution in [0.25, 0.3) is 0 Å². The lowest BCUT2D eigenvalue weighted by atomic mass is 10.0. The minimum atomic E-state index is -0.813. The summed E-state index contributed by atoms with van der Waals surface area (Å²) in [5, 5.41) is 19.3. The van der Waals surface area contributed by atoms with E-state index in [9.17, 15) is 19.8 Å². The Bertz CT molecular complexity index is 944. The Hall–Kier alpha value is -2.70. The summed E-state index contributed by atoms with van der Waals surface area (Å²) < 4.78 is 10.5. The van der Waals surface area contributed by atoms with Crippen LogP contribution in [0.2, 0.25) is 0 Å². The summed E-state index contributed by atoms with van der Waals surface area (Å²) >= 11 is 0. The van der Waals surface area contributed by atoms with E-state index < -0.39 is 12.2 Å². The molecular weight excluding hydrogens is 624 g/mol. The van der Waals surface area contributed by atoms with Crippen molar-refractivity contribution >= 4 is 11.9 Å². The van der Waals surface area contributed by atoms with E-state index in [1.54, 1.807) is 6.08 Å². The fourth-order valence-corrected chi connectivity index (χ4v) is 5.31. The molecule has 0 bridgehead atoms. The predicted molar refractivity (Wildman–Crippen MR) is 211 cm³/mol. The fourth-order valence-electron chi connectivity index (χ4n) is 5.31. The number of rotatable bonds is 35. The van der Waals surface area contributed by atoms with Crippen LogP contribution in [-0.2, 0) is 19.1 Å². The van der Waals surface area contributed by atoms with Crippen molar-refractivity contribution in [2.45, 2.75) is 180 Å². The Labute approximate surface area is 306 Å². The van der Waals surface area contributed by atoms with Crippen molar-refractivity contribution in [3.63, 3.8) is 0 Å². The van der Waals surface area contributed by atoms with Gasteiger partial charge in [0.15, 0.2) is 6.10 Å². The lowest BCUT2D eigenvalue weighted by Crippen LogP contribution is -2.28. The van der Waals surface area contributed by atoms with Gasteiger partial charge in [-0.2, -0.15) is 0 Å². The number of aliphatic hydroxyl groups is 2. The van der Waals surface area contributed by atoms with Crippen LogP contribution in [0.4, 0.5) is 0 Å². The van der Waals surface area contributed by atoms with Crippen LogP contribution in [0.3, 0.4) is 0 Å². The molecule has 0 heterocycles. The van der Waals surface area contributed by atoms with Crippen LogP contribution in [0, 0.1) is 0 Å². The smallest absolute Gasteiger partial charge is 0.306 e. The number of aliphatic hydroxyl groups excluding tert-OH is 2. The first kappa shape index (κ1) is 47.3. The summed E-state index contributed by atoms with van der Waals surface area (Å²) in [6, 6.07) is 0. The average molecular weight is 699 g/mol. The maximum atomic E-state index is 12.2. The molecule has 286 valence electrons. The van der Waals surface area contributed by atoms with E-state index >= 15 is 0 Å². The van der Waals surface area contributed by atoms with E-state index in [1.165, 1.54) is 83.5 Å². The van der Waals surface area contributed by atoms with Gasteiger partial charge < -0.3 is 19.7 Å². The monoisotopic (exact) mass is 699 g/mol. The highest BCUT2D eigenvalue weighted by molar-refractivity contribution is 5.70. The molecule has 0 aliphatic carbocycles. The Balaban J connectivity index is 3.73. The molecule has 0 aromatic rings. The molecule has 0 amide bonds. The molecule has 0 aromatic heterocycles. The van der Waals surface area contributed by atoms with Gasteiger partial charge in [0.1, 0.15) is 6.61 Å². The van der Waals surface area contributed by atoms with E-state index in [0.29, 0.717) is 19.3 Å². The molecule has 50 heavy (non-hydrogen) atoms. The van der Waals surface area contributed by atoms with Crippen molar-refractivity contribution in [3.05, 3.63) is 72.9 Å². The quantitative estimate of drug-likeness (QED) is 0.0296. The third kappa shape index (κ3) is 36.6. The highest BCUT2D eigenvalue weighted by Gasteiger charge is 2.15. The molecule has 0 aromatic carbocycles. The Morgan fingerprint density at radius 1 is 0.580 bits per heavy atom. The van der Waals surface area contributed by atoms with Crippen LogP contribution in [0.5, 0.6) is 0 Å². The normalized spacial score (nSPS) is 13.6. The van der Waals surface area contributed by atoms with Gasteiger partial charge >= 0.3 is 11.9 Å². The molecule has 6 heteroatoms. The Morgan fingerprint density at radius 2 is 1.10 bits per heavy atom. The van der Waals surface area contributed by atoms with Crippen molar-refractivity contribution < 1.29 is 29.3 Å². The predicted octanol–water partition coefficient (Wildman–Crippen LogP) is 11.5. The first-order chi connectivity index (χ1) is 24.5. The molecule has 0 aliphatic rings. The van der Waals surface area contributed by atoms with Crippen LogP contribution < -0.4 is 0 Å². The van der Waals surface area contributed by atoms with Gasteiger partial charge in [0.05, 0.1) is 12.7 Å². The topological polar surface area (TPSA) is 93.1 Å². The van der Waals surface area contributed by atoms with Crippen molar-refractivity contribution in [1.29, 1.82) is 0 Å². The highest BCUT2D eigenvalue weighted by Crippen LogP contribution is 2.14. The second kappa shape index (κ2) is 39.1. The summed E-state index contributed by atoms with van der Waals surface area (Å²) in [6.45, 7) is 3.86. The number of carbonyl (C=O) groups excluding carboxylic acids is 2. The molecule has 0 fully saturated rings. The maximum absolute atomic E-state index is 12.2. The molecule has 0 rings (SSSR count). The van der Waals surface area contributed by atoms with E-state index in [2.05, 4.69) is 50.3 Å². The number of ether oxygens (including phenoxy) is 2. The van der Waals surface area contributed by atoms with E-state index in [1.807, 2.05) is 30.4 Å². The molecule has 0 spiro atoms. The first-order valence-corrected chi connectivity index (χ1v) is 20.1. The van der Waals surface area contributed by atoms with Gasteiger partial charge in [-0.15, -0.1) is 0 Å². The van der Waals surface area contributed by atoms with Crippen molar-refractivity contribution in [1.82, 2.24) is 0 Å². The number of esters is 2. The van der Waals surface area contributed by atoms with Crippen LogP contribution >= 0.6 is 0 Å². The molecule has 1 unspecified atom stereocenters. The minimum Gasteiger partial charge on any atom is -0.462 e. The van der Waals surface area contributed by atoms with Gasteiger partial charge in [0.2, 0.25) is 0 Å². The zero-order valence-electron chi connectivity index (χ0n) is 32.0. The van der Waals surface area contributed by atoms with Crippen molar-refractivity contribution in [2.24, 2.45) is 0 Å². The standard InChI is InChI=1S/C44H74O6/c1-3-5-7-8-9-10-11-12-13-14-17-21-24-27-30-34-38-44(48)50-42(39-45)40-49-43(47)37-33-29-26-23-20-18-15-16-19-22-25-28-32-36-41(46)35-31-6-4-2/h6,16,18-20,25-26,28-29,31-32,36,41-42,45-46H,3-5,7-15,17,21-24,27,30,33-35,37-40H2,1-2H3/b19-16-,20-18-,28-25+,29-26-,31-6-,36-32+/t41?,42-/m0/s1. The zero-order chi connectivity index (χ0) is 36.6. The first-order valence-electron chi connectivity index (χ1n) is 20.1. The van der Waals surface area contributed by atoms with E-state index in [-0.39, 0.29) is 31.6 Å². The second-order valence-corrected chi connectivity index (χ2v) is 13.2. The van der Waals surface area contributed by atoms with Crippen LogP contribution in [-0.4, -0.2) is 47.6 Å². The van der Waals surface area contributed by atoms with Gasteiger partial charge in [0, 0.05) is 12.8 Å². The number of unbranched alkanes of at least 4 members (excludes halogenated alkanes) is 15. The largest absolute Gasteiger partial charge is 0.462 e. The molecule has 6 nitrogen and oxygen atoms in total. The molecule has 0 aliphatic heterocycles. The summed E-state index contributed by atoms with van der Waals surface area (Å²) in [7, 11) is 0. The van der Waals surface area contributed by atoms with Crippen molar-refractivity contribution in [3.8, 4) is 0 Å². The maximum Gasteiger partial charge on any atom is 0.306 e. The number of allylic oxidation sites excluding steroid dienone is 10. The van der Waals surface area contributed by atoms with Gasteiger partial charge in [-0.05, 0) is 44.9 Å². The van der Waals surface area contributed by atoms with E-state index in [0.717, 1.165) is 44.9 Å².